The van der Waals surface area contributed by atoms with E-state index in [4.69, 9.17) is 29.9 Å². The Labute approximate surface area is 510 Å². The molecule has 11 rings (SSSR count). The molecule has 0 spiro atoms. The van der Waals surface area contributed by atoms with Gasteiger partial charge in [-0.25, -0.2) is 29.9 Å². The Bertz CT molecular complexity index is 3700. The average Bonchev–Trinajstić information content (AvgIpc) is 3.82. The van der Waals surface area contributed by atoms with Gasteiger partial charge >= 0.3 is 7.12 Å². The van der Waals surface area contributed by atoms with Crippen LogP contribution in [-0.4, -0.2) is 123 Å². The zero-order chi connectivity index (χ0) is 59.5. The quantitative estimate of drug-likeness (QED) is 0.0507. The number of aryl methyl sites for hydroxylation is 1. The van der Waals surface area contributed by atoms with Gasteiger partial charge in [-0.3, -0.25) is 4.98 Å². The van der Waals surface area contributed by atoms with Crippen LogP contribution < -0.4 is 5.46 Å². The van der Waals surface area contributed by atoms with Gasteiger partial charge in [-0.15, -0.1) is 6.42 Å². The fourth-order valence-corrected chi connectivity index (χ4v) is 8.03. The van der Waals surface area contributed by atoms with E-state index in [0.717, 1.165) is 111 Å². The van der Waals surface area contributed by atoms with E-state index in [1.54, 1.807) is 47.0 Å². The van der Waals surface area contributed by atoms with Crippen molar-refractivity contribution >= 4 is 93.5 Å². The number of nitrogens with zero attached hydrogens (tertiary/aromatic N) is 7. The normalized spacial score (nSPS) is 12.4. The summed E-state index contributed by atoms with van der Waals surface area (Å²) in [4.78, 5) is 39.2. The Kier molecular flexibility index (Phi) is 26.3. The van der Waals surface area contributed by atoms with Gasteiger partial charge < -0.3 is 43.2 Å². The minimum absolute atomic E-state index is 0.315. The molecule has 3 N–H and O–H groups in total. The third-order valence-electron chi connectivity index (χ3n) is 12.3. The zero-order valence-corrected chi connectivity index (χ0v) is 52.2. The van der Waals surface area contributed by atoms with E-state index >= 15 is 0 Å². The Hall–Kier alpha value is -7.39. The van der Waals surface area contributed by atoms with Crippen LogP contribution in [0.2, 0.25) is 0 Å². The van der Waals surface area contributed by atoms with Crippen molar-refractivity contribution in [1.29, 1.82) is 0 Å². The number of hydrogen-bond donors (Lipinski definition) is 3. The van der Waals surface area contributed by atoms with E-state index < -0.39 is 0 Å². The van der Waals surface area contributed by atoms with Crippen molar-refractivity contribution in [2.45, 2.75) is 51.7 Å². The fourth-order valence-electron chi connectivity index (χ4n) is 7.33. The SMILES string of the molecule is Brc1ccc(Br)nc1.C#CCOC.CC1(C)OB(c2cnc3[nH]ccc3c2)OC1(C)C.COCC#Cc1ccc(-c2cnc3[nH]ccc3c2)cn1.COCC#Cc1ccc(Br)cn1.COCCCc1ccc(-c2cnc3[nH]ccc3c2)cn1. The molecule has 0 atom stereocenters. The van der Waals surface area contributed by atoms with Gasteiger partial charge in [0.15, 0.2) is 0 Å². The van der Waals surface area contributed by atoms with Crippen LogP contribution >= 0.6 is 47.8 Å². The molecule has 0 bridgehead atoms. The largest absolute Gasteiger partial charge is 0.496 e. The molecule has 0 unspecified atom stereocenters. The first kappa shape index (κ1) is 64.8. The number of pyridine rings is 7. The van der Waals surface area contributed by atoms with Gasteiger partial charge in [-0.05, 0) is 179 Å². The standard InChI is InChI=1S/C16H17N3O.C16H13N3O.C13H17BN2O2.C9H8BrNO.C5H3Br2N.C4H6O/c2*1-20-8-2-3-15-5-4-13(10-18-15)14-9-12-6-7-17-16(12)19-11-14;1-12(2)13(3,4)18-14(17-12)10-7-9-5-6-15-11(9)16-8-10;1-12-6-2-3-9-5-4-8(10)7-11-9;6-4-1-2-5(7)8-3-4;1-3-4-5-2/h4-7,9-11H,2-3,8H2,1H3,(H,17,19);4-7,9-11H,8H2,1H3,(H,17,19);5-8H,1-4H3,(H,15,16);4-5,7H,6H2,1H3;1-3H;1H,4H2,2H3. The highest BCUT2D eigenvalue weighted by atomic mass is 79.9. The molecule has 83 heavy (non-hydrogen) atoms. The van der Waals surface area contributed by atoms with E-state index in [2.05, 4.69) is 190 Å². The monoisotopic (exact) mass is 1300 g/mol. The molecule has 10 aromatic rings. The molecule has 10 aromatic heterocycles. The molecule has 1 aliphatic rings. The van der Waals surface area contributed by atoms with Crippen molar-refractivity contribution in [3.63, 3.8) is 0 Å². The molecule has 0 aromatic carbocycles. The Morgan fingerprint density at radius 2 is 0.976 bits per heavy atom. The number of H-pyrrole nitrogens is 3. The summed E-state index contributed by atoms with van der Waals surface area (Å²) in [5, 5.41) is 3.28. The number of nitrogens with one attached hydrogen (secondary N) is 3. The second-order valence-electron chi connectivity index (χ2n) is 18.9. The second kappa shape index (κ2) is 33.7. The fraction of sp³-hybridized carbons (Fsp3) is 0.254. The summed E-state index contributed by atoms with van der Waals surface area (Å²) in [5.74, 6) is 13.8. The van der Waals surface area contributed by atoms with E-state index in [1.807, 2.05) is 98.0 Å². The lowest BCUT2D eigenvalue weighted by Gasteiger charge is -2.32. The van der Waals surface area contributed by atoms with E-state index in [9.17, 15) is 0 Å². The van der Waals surface area contributed by atoms with Gasteiger partial charge in [0.2, 0.25) is 0 Å². The number of aromatic nitrogens is 10. The predicted octanol–water partition coefficient (Wildman–Crippen LogP) is 12.4. The molecule has 1 fully saturated rings. The maximum absolute atomic E-state index is 6.00. The van der Waals surface area contributed by atoms with Crippen LogP contribution in [0.3, 0.4) is 0 Å². The topological polar surface area (TPSA) is 193 Å². The molecule has 1 saturated heterocycles. The highest BCUT2D eigenvalue weighted by Crippen LogP contribution is 2.36. The summed E-state index contributed by atoms with van der Waals surface area (Å²) >= 11 is 9.77. The summed E-state index contributed by atoms with van der Waals surface area (Å²) in [6, 6.07) is 27.9. The third kappa shape index (κ3) is 20.8. The van der Waals surface area contributed by atoms with Crippen LogP contribution in [0.4, 0.5) is 0 Å². The van der Waals surface area contributed by atoms with Gasteiger partial charge in [-0.1, -0.05) is 23.8 Å². The van der Waals surface area contributed by atoms with Gasteiger partial charge in [0.05, 0.1) is 11.2 Å². The summed E-state index contributed by atoms with van der Waals surface area (Å²) in [5.41, 5.74) is 9.87. The lowest BCUT2D eigenvalue weighted by molar-refractivity contribution is 0.00578. The van der Waals surface area contributed by atoms with Crippen LogP contribution in [0.1, 0.15) is 51.2 Å². The summed E-state index contributed by atoms with van der Waals surface area (Å²) < 4.78 is 34.0. The minimum Gasteiger partial charge on any atom is -0.399 e. The zero-order valence-electron chi connectivity index (χ0n) is 47.5. The van der Waals surface area contributed by atoms with Crippen LogP contribution in [0.15, 0.2) is 160 Å². The molecule has 0 amide bonds. The number of fused-ring (bicyclic) bond motifs is 3. The van der Waals surface area contributed by atoms with Crippen molar-refractivity contribution < 1.29 is 28.3 Å². The van der Waals surface area contributed by atoms with E-state index in [1.165, 1.54) is 0 Å². The molecule has 0 aliphatic carbocycles. The molecular weight excluding hydrogens is 1240 g/mol. The molecule has 1 aliphatic heterocycles. The minimum atomic E-state index is -0.346. The smallest absolute Gasteiger partial charge is 0.399 e. The number of rotatable bonds is 10. The van der Waals surface area contributed by atoms with Crippen LogP contribution in [0.5, 0.6) is 0 Å². The number of ether oxygens (including phenoxy) is 4. The van der Waals surface area contributed by atoms with Crippen molar-refractivity contribution in [3.8, 4) is 58.3 Å². The maximum atomic E-state index is 6.00. The molecule has 16 nitrogen and oxygen atoms in total. The van der Waals surface area contributed by atoms with Gasteiger partial charge in [0, 0.05) is 156 Å². The van der Waals surface area contributed by atoms with Gasteiger partial charge in [0.1, 0.15) is 52.8 Å². The second-order valence-corrected chi connectivity index (χ2v) is 21.5. The first-order valence-electron chi connectivity index (χ1n) is 26.0. The summed E-state index contributed by atoms with van der Waals surface area (Å²) in [7, 11) is 6.18. The van der Waals surface area contributed by atoms with E-state index in [0.29, 0.717) is 19.8 Å². The summed E-state index contributed by atoms with van der Waals surface area (Å²) in [6.07, 6.45) is 25.1. The Morgan fingerprint density at radius 3 is 1.40 bits per heavy atom. The van der Waals surface area contributed by atoms with Crippen LogP contribution in [-0.2, 0) is 34.7 Å². The lowest BCUT2D eigenvalue weighted by Crippen LogP contribution is -2.41. The number of hydrogen-bond acceptors (Lipinski definition) is 13. The Morgan fingerprint density at radius 1 is 0.506 bits per heavy atom. The highest BCUT2D eigenvalue weighted by molar-refractivity contribution is 9.11. The average molecular weight is 1310 g/mol. The molecule has 20 heteroatoms. The van der Waals surface area contributed by atoms with Crippen molar-refractivity contribution in [2.24, 2.45) is 0 Å². The van der Waals surface area contributed by atoms with Gasteiger partial charge in [0.25, 0.3) is 0 Å². The highest BCUT2D eigenvalue weighted by Gasteiger charge is 2.51. The van der Waals surface area contributed by atoms with Gasteiger partial charge in [-0.2, -0.15) is 0 Å². The van der Waals surface area contributed by atoms with Crippen LogP contribution in [0, 0.1) is 36.0 Å². The predicted molar refractivity (Wildman–Crippen MR) is 340 cm³/mol. The lowest BCUT2D eigenvalue weighted by atomic mass is 9.80. The maximum Gasteiger partial charge on any atom is 0.496 e. The number of methoxy groups -OCH3 is 4. The Balaban J connectivity index is 0.000000168. The van der Waals surface area contributed by atoms with Crippen LogP contribution in [0.25, 0.3) is 55.4 Å². The van der Waals surface area contributed by atoms with Crippen molar-refractivity contribution in [1.82, 2.24) is 49.8 Å². The molecule has 11 heterocycles. The molecule has 0 radical (unpaired) electrons. The van der Waals surface area contributed by atoms with Crippen molar-refractivity contribution in [3.05, 3.63) is 178 Å². The molecule has 0 saturated carbocycles. The summed E-state index contributed by atoms with van der Waals surface area (Å²) in [6.45, 7) is 10.3. The number of aromatic amines is 3. The molecule has 426 valence electrons. The number of halogens is 3. The first-order valence-corrected chi connectivity index (χ1v) is 28.4. The van der Waals surface area contributed by atoms with Crippen molar-refractivity contribution in [2.75, 3.05) is 54.9 Å². The molecular formula is C63H64BBr3N10O6. The van der Waals surface area contributed by atoms with E-state index in [-0.39, 0.29) is 18.3 Å². The first-order chi connectivity index (χ1) is 40.1. The number of terminal acetylenes is 1. The third-order valence-corrected chi connectivity index (χ3v) is 13.7.